The van der Waals surface area contributed by atoms with E-state index in [1.165, 1.54) is 13.8 Å². The molecule has 0 aliphatic heterocycles. The maximum Gasteiger partial charge on any atom is 0.249 e. The van der Waals surface area contributed by atoms with Gasteiger partial charge in [0, 0.05) is 19.4 Å². The Kier molecular flexibility index (Phi) is 4.24. The summed E-state index contributed by atoms with van der Waals surface area (Å²) in [5.74, 6) is -0.703. The molecule has 0 radical (unpaired) electrons. The Morgan fingerprint density at radius 3 is 1.83 bits per heavy atom. The van der Waals surface area contributed by atoms with E-state index < -0.39 is 11.8 Å². The van der Waals surface area contributed by atoms with Crippen molar-refractivity contribution in [2.24, 2.45) is 0 Å². The number of hydrogen-bond donors (Lipinski definition) is 0. The molecule has 0 N–H and O–H groups in total. The van der Waals surface area contributed by atoms with E-state index in [4.69, 9.17) is 4.52 Å². The highest BCUT2D eigenvalue weighted by atomic mass is 16.5. The Morgan fingerprint density at radius 1 is 0.833 bits per heavy atom. The second-order valence-electron chi connectivity index (χ2n) is 5.32. The maximum atomic E-state index is 11.9. The highest BCUT2D eigenvalue weighted by Crippen LogP contribution is 2.39. The number of hydrogen-bond acceptors (Lipinski definition) is 4. The van der Waals surface area contributed by atoms with Crippen molar-refractivity contribution in [3.8, 4) is 22.4 Å². The first-order valence-electron chi connectivity index (χ1n) is 7.51. The number of carbonyl (C=O) groups excluding carboxylic acids is 2. The van der Waals surface area contributed by atoms with E-state index in [0.29, 0.717) is 11.3 Å². The van der Waals surface area contributed by atoms with Crippen molar-refractivity contribution < 1.29 is 14.1 Å². The molecule has 2 amide bonds. The number of amides is 2. The summed E-state index contributed by atoms with van der Waals surface area (Å²) in [5, 5.41) is 4.13. The first-order valence-corrected chi connectivity index (χ1v) is 7.51. The number of carbonyl (C=O) groups is 2. The van der Waals surface area contributed by atoms with Crippen LogP contribution in [0.1, 0.15) is 13.8 Å². The van der Waals surface area contributed by atoms with E-state index >= 15 is 0 Å². The SMILES string of the molecule is CC(=O)N(C(C)=O)c1onc(-c2ccccc2)c1-c1ccccc1. The van der Waals surface area contributed by atoms with Gasteiger partial charge < -0.3 is 4.52 Å². The Balaban J connectivity index is 2.26. The van der Waals surface area contributed by atoms with Gasteiger partial charge in [-0.1, -0.05) is 65.8 Å². The summed E-state index contributed by atoms with van der Waals surface area (Å²) in [6.07, 6.45) is 0. The minimum atomic E-state index is -0.421. The predicted octanol–water partition coefficient (Wildman–Crippen LogP) is 3.91. The summed E-state index contributed by atoms with van der Waals surface area (Å²) in [6.45, 7) is 2.64. The van der Waals surface area contributed by atoms with Crippen LogP contribution in [0.2, 0.25) is 0 Å². The zero-order chi connectivity index (χ0) is 17.1. The zero-order valence-electron chi connectivity index (χ0n) is 13.4. The van der Waals surface area contributed by atoms with Crippen molar-refractivity contribution in [1.82, 2.24) is 5.16 Å². The monoisotopic (exact) mass is 320 g/mol. The molecule has 0 unspecified atom stereocenters. The van der Waals surface area contributed by atoms with Gasteiger partial charge in [-0.25, -0.2) is 4.90 Å². The molecule has 0 fully saturated rings. The lowest BCUT2D eigenvalue weighted by Gasteiger charge is -2.15. The molecule has 3 rings (SSSR count). The van der Waals surface area contributed by atoms with Gasteiger partial charge in [-0.05, 0) is 5.56 Å². The van der Waals surface area contributed by atoms with Gasteiger partial charge in [0.2, 0.25) is 17.7 Å². The molecule has 0 atom stereocenters. The van der Waals surface area contributed by atoms with Crippen LogP contribution in [0.4, 0.5) is 5.88 Å². The van der Waals surface area contributed by atoms with Gasteiger partial charge in [-0.2, -0.15) is 0 Å². The normalized spacial score (nSPS) is 10.4. The summed E-state index contributed by atoms with van der Waals surface area (Å²) < 4.78 is 5.42. The number of nitrogens with zero attached hydrogens (tertiary/aromatic N) is 2. The van der Waals surface area contributed by atoms with Crippen LogP contribution in [-0.2, 0) is 9.59 Å². The molecular formula is C19H16N2O3. The lowest BCUT2D eigenvalue weighted by Crippen LogP contribution is -2.33. The molecular weight excluding hydrogens is 304 g/mol. The van der Waals surface area contributed by atoms with Crippen molar-refractivity contribution >= 4 is 17.7 Å². The van der Waals surface area contributed by atoms with Gasteiger partial charge in [0.15, 0.2) is 0 Å². The van der Waals surface area contributed by atoms with Crippen LogP contribution in [0, 0.1) is 0 Å². The molecule has 0 spiro atoms. The molecule has 24 heavy (non-hydrogen) atoms. The average molecular weight is 320 g/mol. The van der Waals surface area contributed by atoms with Gasteiger partial charge in [0.1, 0.15) is 5.69 Å². The number of imide groups is 1. The number of aromatic nitrogens is 1. The van der Waals surface area contributed by atoms with Crippen LogP contribution in [0.3, 0.4) is 0 Å². The smallest absolute Gasteiger partial charge is 0.249 e. The van der Waals surface area contributed by atoms with Crippen molar-refractivity contribution in [1.29, 1.82) is 0 Å². The molecule has 5 heteroatoms. The first kappa shape index (κ1) is 15.7. The Hall–Kier alpha value is -3.21. The summed E-state index contributed by atoms with van der Waals surface area (Å²) in [4.78, 5) is 24.9. The third-order valence-corrected chi connectivity index (χ3v) is 3.62. The topological polar surface area (TPSA) is 63.4 Å². The minimum absolute atomic E-state index is 0.139. The quantitative estimate of drug-likeness (QED) is 0.734. The van der Waals surface area contributed by atoms with Crippen LogP contribution < -0.4 is 4.90 Å². The van der Waals surface area contributed by atoms with Crippen LogP contribution >= 0.6 is 0 Å². The van der Waals surface area contributed by atoms with Crippen LogP contribution in [0.25, 0.3) is 22.4 Å². The van der Waals surface area contributed by atoms with Crippen molar-refractivity contribution in [2.45, 2.75) is 13.8 Å². The highest BCUT2D eigenvalue weighted by Gasteiger charge is 2.28. The van der Waals surface area contributed by atoms with Crippen molar-refractivity contribution in [3.05, 3.63) is 60.7 Å². The lowest BCUT2D eigenvalue weighted by atomic mass is 10.0. The van der Waals surface area contributed by atoms with Crippen molar-refractivity contribution in [3.63, 3.8) is 0 Å². The van der Waals surface area contributed by atoms with Crippen LogP contribution in [0.15, 0.2) is 65.2 Å². The molecule has 0 saturated carbocycles. The molecule has 3 aromatic rings. The van der Waals surface area contributed by atoms with Crippen molar-refractivity contribution in [2.75, 3.05) is 4.90 Å². The van der Waals surface area contributed by atoms with Gasteiger partial charge in [0.05, 0.1) is 5.56 Å². The minimum Gasteiger partial charge on any atom is -0.336 e. The van der Waals surface area contributed by atoms with E-state index in [9.17, 15) is 9.59 Å². The van der Waals surface area contributed by atoms with E-state index in [1.54, 1.807) is 0 Å². The van der Waals surface area contributed by atoms with E-state index in [-0.39, 0.29) is 5.88 Å². The fourth-order valence-electron chi connectivity index (χ4n) is 2.60. The molecule has 1 heterocycles. The molecule has 0 aliphatic rings. The highest BCUT2D eigenvalue weighted by molar-refractivity contribution is 6.14. The third kappa shape index (κ3) is 2.84. The second kappa shape index (κ2) is 6.50. The summed E-state index contributed by atoms with van der Waals surface area (Å²) in [6, 6.07) is 18.9. The van der Waals surface area contributed by atoms with Crippen LogP contribution in [0.5, 0.6) is 0 Å². The summed E-state index contributed by atoms with van der Waals surface area (Å²) >= 11 is 0. The molecule has 0 saturated heterocycles. The van der Waals surface area contributed by atoms with E-state index in [1.807, 2.05) is 60.7 Å². The van der Waals surface area contributed by atoms with Crippen LogP contribution in [-0.4, -0.2) is 17.0 Å². The zero-order valence-corrected chi connectivity index (χ0v) is 13.4. The van der Waals surface area contributed by atoms with E-state index in [0.717, 1.165) is 16.0 Å². The standard InChI is InChI=1S/C19H16N2O3/c1-13(22)21(14(2)23)19-17(15-9-5-3-6-10-15)18(20-24-19)16-11-7-4-8-12-16/h3-12H,1-2H3. The van der Waals surface area contributed by atoms with Gasteiger partial charge >= 0.3 is 0 Å². The first-order chi connectivity index (χ1) is 11.6. The lowest BCUT2D eigenvalue weighted by molar-refractivity contribution is -0.124. The van der Waals surface area contributed by atoms with Gasteiger partial charge in [0.25, 0.3) is 0 Å². The molecule has 0 bridgehead atoms. The Labute approximate surface area is 139 Å². The largest absolute Gasteiger partial charge is 0.336 e. The molecule has 120 valence electrons. The molecule has 1 aromatic heterocycles. The Morgan fingerprint density at radius 2 is 1.33 bits per heavy atom. The molecule has 5 nitrogen and oxygen atoms in total. The van der Waals surface area contributed by atoms with E-state index in [2.05, 4.69) is 5.16 Å². The number of rotatable bonds is 3. The third-order valence-electron chi connectivity index (χ3n) is 3.62. The molecule has 2 aromatic carbocycles. The fourth-order valence-corrected chi connectivity index (χ4v) is 2.60. The van der Waals surface area contributed by atoms with Gasteiger partial charge in [-0.15, -0.1) is 0 Å². The number of anilines is 1. The molecule has 0 aliphatic carbocycles. The summed E-state index contributed by atoms with van der Waals surface area (Å²) in [5.41, 5.74) is 2.87. The number of benzene rings is 2. The predicted molar refractivity (Wildman–Crippen MR) is 91.2 cm³/mol. The Bertz CT molecular complexity index is 856. The average Bonchev–Trinajstić information content (AvgIpc) is 3.00. The van der Waals surface area contributed by atoms with Gasteiger partial charge in [-0.3, -0.25) is 9.59 Å². The maximum absolute atomic E-state index is 11.9. The fraction of sp³-hybridized carbons (Fsp3) is 0.105. The second-order valence-corrected chi connectivity index (χ2v) is 5.32. The summed E-state index contributed by atoms with van der Waals surface area (Å²) in [7, 11) is 0.